The molecular formula is C37H42ClN5O3. The molecule has 46 heavy (non-hydrogen) atoms. The number of fused-ring (bicyclic) bond motifs is 2. The normalized spacial score (nSPS) is 15.0. The predicted molar refractivity (Wildman–Crippen MR) is 184 cm³/mol. The van der Waals surface area contributed by atoms with Gasteiger partial charge in [-0.05, 0) is 75.9 Å². The zero-order valence-corrected chi connectivity index (χ0v) is 27.9. The van der Waals surface area contributed by atoms with E-state index in [0.29, 0.717) is 48.2 Å². The first-order valence-electron chi connectivity index (χ1n) is 15.9. The molecule has 0 radical (unpaired) electrons. The van der Waals surface area contributed by atoms with Crippen molar-refractivity contribution in [3.05, 3.63) is 106 Å². The Labute approximate surface area is 276 Å². The van der Waals surface area contributed by atoms with Crippen molar-refractivity contribution >= 4 is 29.1 Å². The topological polar surface area (TPSA) is 61.3 Å². The zero-order valence-electron chi connectivity index (χ0n) is 27.1. The Balaban J connectivity index is 1.28. The molecule has 3 heterocycles. The van der Waals surface area contributed by atoms with Crippen molar-refractivity contribution in [2.24, 2.45) is 0 Å². The molecule has 4 aromatic rings. The number of benzene rings is 3. The van der Waals surface area contributed by atoms with Gasteiger partial charge in [0.1, 0.15) is 11.4 Å². The van der Waals surface area contributed by atoms with Gasteiger partial charge >= 0.3 is 0 Å². The predicted octanol–water partition coefficient (Wildman–Crippen LogP) is 6.04. The summed E-state index contributed by atoms with van der Waals surface area (Å²) in [5, 5.41) is 0.491. The Morgan fingerprint density at radius 1 is 0.891 bits per heavy atom. The summed E-state index contributed by atoms with van der Waals surface area (Å²) in [7, 11) is 5.79. The lowest BCUT2D eigenvalue weighted by atomic mass is 9.96. The number of aromatic nitrogens is 1. The Kier molecular flexibility index (Phi) is 9.49. The van der Waals surface area contributed by atoms with Gasteiger partial charge in [0.15, 0.2) is 0 Å². The van der Waals surface area contributed by atoms with Crippen LogP contribution in [0.2, 0.25) is 5.02 Å². The van der Waals surface area contributed by atoms with Crippen LogP contribution in [0.3, 0.4) is 0 Å². The highest BCUT2D eigenvalue weighted by atomic mass is 35.5. The van der Waals surface area contributed by atoms with E-state index in [1.165, 1.54) is 0 Å². The van der Waals surface area contributed by atoms with Crippen LogP contribution in [0.15, 0.2) is 72.8 Å². The third-order valence-electron chi connectivity index (χ3n) is 9.17. The smallest absolute Gasteiger partial charge is 0.270 e. The number of carbonyl (C=O) groups excluding carboxylic acids is 2. The summed E-state index contributed by atoms with van der Waals surface area (Å²) >= 11 is 6.88. The SMILES string of the molecule is COc1c(C(=O)N2Cc3ccc(C(=O)N4CCN(CCCN(C)C)CC4)n3Cc3ccccc32)cc(Cl)c(-c2ccccc2)c1C. The van der Waals surface area contributed by atoms with Gasteiger partial charge in [-0.25, -0.2) is 0 Å². The summed E-state index contributed by atoms with van der Waals surface area (Å²) in [6, 6.07) is 23.4. The number of hydrogen-bond acceptors (Lipinski definition) is 5. The Hall–Kier alpha value is -4.11. The molecule has 0 aliphatic carbocycles. The van der Waals surface area contributed by atoms with Gasteiger partial charge in [-0.15, -0.1) is 0 Å². The van der Waals surface area contributed by atoms with E-state index >= 15 is 0 Å². The standard InChI is InChI=1S/C37H42ClN5O3/c1-26-34(27-11-6-5-7-12-27)31(38)23-30(35(26)46-4)36(44)43-25-29-15-16-33(42(29)24-28-13-8-9-14-32(28)43)37(45)41-21-19-40(20-22-41)18-10-17-39(2)3/h5-9,11-16,23H,10,17-22,24-25H2,1-4H3. The molecule has 1 fully saturated rings. The van der Waals surface area contributed by atoms with Gasteiger partial charge in [0.05, 0.1) is 25.8 Å². The largest absolute Gasteiger partial charge is 0.496 e. The van der Waals surface area contributed by atoms with Crippen molar-refractivity contribution in [2.75, 3.05) is 65.4 Å². The molecule has 1 saturated heterocycles. The molecule has 3 aromatic carbocycles. The molecule has 0 spiro atoms. The maximum absolute atomic E-state index is 14.5. The molecule has 8 nitrogen and oxygen atoms in total. The number of methoxy groups -OCH3 is 1. The van der Waals surface area contributed by atoms with E-state index in [1.807, 2.05) is 78.6 Å². The van der Waals surface area contributed by atoms with Gasteiger partial charge in [0, 0.05) is 53.7 Å². The van der Waals surface area contributed by atoms with E-state index in [2.05, 4.69) is 28.5 Å². The number of ether oxygens (including phenoxy) is 1. The molecule has 2 amide bonds. The highest BCUT2D eigenvalue weighted by Crippen LogP contribution is 2.40. The number of anilines is 1. The molecule has 2 aliphatic rings. The molecule has 2 aliphatic heterocycles. The fourth-order valence-corrected chi connectivity index (χ4v) is 7.12. The minimum atomic E-state index is -0.207. The zero-order chi connectivity index (χ0) is 32.4. The number of piperazine rings is 1. The lowest BCUT2D eigenvalue weighted by Crippen LogP contribution is -2.49. The lowest BCUT2D eigenvalue weighted by molar-refractivity contribution is 0.0623. The molecule has 9 heteroatoms. The second-order valence-electron chi connectivity index (χ2n) is 12.4. The van der Waals surface area contributed by atoms with Crippen LogP contribution in [0, 0.1) is 6.92 Å². The first kappa shape index (κ1) is 31.9. The van der Waals surface area contributed by atoms with Crippen LogP contribution in [-0.2, 0) is 13.1 Å². The Morgan fingerprint density at radius 2 is 1.61 bits per heavy atom. The summed E-state index contributed by atoms with van der Waals surface area (Å²) in [4.78, 5) is 36.8. The second kappa shape index (κ2) is 13.7. The first-order valence-corrected chi connectivity index (χ1v) is 16.3. The molecule has 0 N–H and O–H groups in total. The average molecular weight is 640 g/mol. The van der Waals surface area contributed by atoms with Crippen molar-refractivity contribution in [1.29, 1.82) is 0 Å². The highest BCUT2D eigenvalue weighted by Gasteiger charge is 2.32. The fraction of sp³-hybridized carbons (Fsp3) is 0.351. The monoisotopic (exact) mass is 639 g/mol. The summed E-state index contributed by atoms with van der Waals surface area (Å²) in [6.45, 7) is 8.03. The van der Waals surface area contributed by atoms with Crippen LogP contribution in [0.4, 0.5) is 5.69 Å². The summed E-state index contributed by atoms with van der Waals surface area (Å²) in [6.07, 6.45) is 1.12. The molecule has 240 valence electrons. The summed E-state index contributed by atoms with van der Waals surface area (Å²) < 4.78 is 7.94. The third kappa shape index (κ3) is 6.30. The van der Waals surface area contributed by atoms with E-state index in [-0.39, 0.29) is 11.8 Å². The van der Waals surface area contributed by atoms with Crippen molar-refractivity contribution in [3.8, 4) is 16.9 Å². The summed E-state index contributed by atoms with van der Waals surface area (Å²) in [5.74, 6) is 0.334. The van der Waals surface area contributed by atoms with Gasteiger partial charge < -0.3 is 24.0 Å². The van der Waals surface area contributed by atoms with Crippen LogP contribution < -0.4 is 9.64 Å². The molecule has 0 atom stereocenters. The van der Waals surface area contributed by atoms with Crippen molar-refractivity contribution < 1.29 is 14.3 Å². The first-order chi connectivity index (χ1) is 22.3. The summed E-state index contributed by atoms with van der Waals surface area (Å²) in [5.41, 5.74) is 6.35. The number of halogens is 1. The number of hydrogen-bond donors (Lipinski definition) is 0. The molecule has 6 rings (SSSR count). The van der Waals surface area contributed by atoms with Crippen LogP contribution in [-0.4, -0.2) is 91.6 Å². The van der Waals surface area contributed by atoms with E-state index in [4.69, 9.17) is 16.3 Å². The van der Waals surface area contributed by atoms with Gasteiger partial charge in [-0.2, -0.15) is 0 Å². The van der Waals surface area contributed by atoms with Crippen molar-refractivity contribution in [1.82, 2.24) is 19.3 Å². The minimum absolute atomic E-state index is 0.0389. The molecule has 0 unspecified atom stereocenters. The van der Waals surface area contributed by atoms with Gasteiger partial charge in [0.25, 0.3) is 11.8 Å². The Bertz CT molecular complexity index is 1730. The van der Waals surface area contributed by atoms with Crippen LogP contribution in [0.1, 0.15) is 44.1 Å². The lowest BCUT2D eigenvalue weighted by Gasteiger charge is -2.35. The van der Waals surface area contributed by atoms with Gasteiger partial charge in [-0.3, -0.25) is 14.5 Å². The maximum atomic E-state index is 14.5. The molecular weight excluding hydrogens is 598 g/mol. The number of nitrogens with zero attached hydrogens (tertiary/aromatic N) is 5. The second-order valence-corrected chi connectivity index (χ2v) is 12.8. The number of rotatable bonds is 8. The van der Waals surface area contributed by atoms with Crippen LogP contribution >= 0.6 is 11.6 Å². The van der Waals surface area contributed by atoms with E-state index in [0.717, 1.165) is 66.2 Å². The van der Waals surface area contributed by atoms with Gasteiger partial charge in [0.2, 0.25) is 0 Å². The fourth-order valence-electron chi connectivity index (χ4n) is 6.76. The maximum Gasteiger partial charge on any atom is 0.270 e. The van der Waals surface area contributed by atoms with Crippen LogP contribution in [0.5, 0.6) is 5.75 Å². The van der Waals surface area contributed by atoms with E-state index in [9.17, 15) is 9.59 Å². The number of carbonyl (C=O) groups is 2. The van der Waals surface area contributed by atoms with Crippen molar-refractivity contribution in [2.45, 2.75) is 26.4 Å². The quantitative estimate of drug-likeness (QED) is 0.235. The number of para-hydroxylation sites is 1. The van der Waals surface area contributed by atoms with Crippen LogP contribution in [0.25, 0.3) is 11.1 Å². The third-order valence-corrected chi connectivity index (χ3v) is 9.47. The van der Waals surface area contributed by atoms with E-state index < -0.39 is 0 Å². The molecule has 1 aromatic heterocycles. The minimum Gasteiger partial charge on any atom is -0.496 e. The van der Waals surface area contributed by atoms with Crippen molar-refractivity contribution in [3.63, 3.8) is 0 Å². The number of amides is 2. The van der Waals surface area contributed by atoms with E-state index in [1.54, 1.807) is 18.1 Å². The van der Waals surface area contributed by atoms with Gasteiger partial charge in [-0.1, -0.05) is 60.1 Å². The molecule has 0 bridgehead atoms. The molecule has 0 saturated carbocycles. The highest BCUT2D eigenvalue weighted by molar-refractivity contribution is 6.34. The average Bonchev–Trinajstić information content (AvgIpc) is 3.37. The Morgan fingerprint density at radius 3 is 2.33 bits per heavy atom.